The number of nitrogens with zero attached hydrogens (tertiary/aromatic N) is 1. The molecule has 1 N–H and O–H groups in total. The van der Waals surface area contributed by atoms with Crippen LogP contribution in [0.2, 0.25) is 0 Å². The Labute approximate surface area is 188 Å². The Hall–Kier alpha value is -2.37. The summed E-state index contributed by atoms with van der Waals surface area (Å²) in [6.45, 7) is 8.16. The van der Waals surface area contributed by atoms with Crippen molar-refractivity contribution in [1.82, 2.24) is 10.2 Å². The Morgan fingerprint density at radius 1 is 1.16 bits per heavy atom. The zero-order valence-electron chi connectivity index (χ0n) is 18.3. The highest BCUT2D eigenvalue weighted by Crippen LogP contribution is 2.38. The number of carbonyl (C=O) groups excluding carboxylic acids is 1. The molecule has 5 heteroatoms. The van der Waals surface area contributed by atoms with Gasteiger partial charge in [-0.3, -0.25) is 9.69 Å². The largest absolute Gasteiger partial charge is 0.487 e. The molecule has 0 unspecified atom stereocenters. The van der Waals surface area contributed by atoms with Crippen molar-refractivity contribution >= 4 is 27.3 Å². The van der Waals surface area contributed by atoms with Gasteiger partial charge >= 0.3 is 0 Å². The number of fused-ring (bicyclic) bond motifs is 2. The van der Waals surface area contributed by atoms with Gasteiger partial charge < -0.3 is 10.1 Å². The molecule has 0 radical (unpaired) electrons. The summed E-state index contributed by atoms with van der Waals surface area (Å²) >= 11 is 1.57. The first-order valence-electron chi connectivity index (χ1n) is 11.3. The fourth-order valence-corrected chi connectivity index (χ4v) is 5.79. The number of hydrogen-bond acceptors (Lipinski definition) is 4. The van der Waals surface area contributed by atoms with E-state index in [1.165, 1.54) is 15.8 Å². The molecule has 4 nitrogen and oxygen atoms in total. The first-order chi connectivity index (χ1) is 15.0. The fourth-order valence-electron chi connectivity index (χ4n) is 4.81. The van der Waals surface area contributed by atoms with E-state index in [1.54, 1.807) is 11.3 Å². The lowest BCUT2D eigenvalue weighted by atomic mass is 9.96. The summed E-state index contributed by atoms with van der Waals surface area (Å²) in [7, 11) is 0. The van der Waals surface area contributed by atoms with E-state index < -0.39 is 0 Å². The molecule has 0 atom stereocenters. The fraction of sp³-hybridized carbons (Fsp3) is 0.423. The van der Waals surface area contributed by atoms with E-state index in [1.807, 2.05) is 18.2 Å². The first kappa shape index (κ1) is 20.5. The second kappa shape index (κ2) is 8.29. The molecule has 3 aromatic rings. The smallest absolute Gasteiger partial charge is 0.261 e. The molecule has 1 fully saturated rings. The number of para-hydroxylation sites is 1. The van der Waals surface area contributed by atoms with Crippen molar-refractivity contribution < 1.29 is 9.53 Å². The van der Waals surface area contributed by atoms with Crippen LogP contribution in [0.25, 0.3) is 10.1 Å². The normalized spacial score (nSPS) is 18.6. The molecular weight excluding hydrogens is 404 g/mol. The molecule has 1 amide bonds. The zero-order valence-corrected chi connectivity index (χ0v) is 19.1. The van der Waals surface area contributed by atoms with Gasteiger partial charge in [-0.25, -0.2) is 0 Å². The molecule has 2 aliphatic rings. The maximum Gasteiger partial charge on any atom is 0.261 e. The number of ether oxygens (including phenoxy) is 1. The van der Waals surface area contributed by atoms with Gasteiger partial charge in [0.15, 0.2) is 0 Å². The Balaban J connectivity index is 1.12. The van der Waals surface area contributed by atoms with Crippen LogP contribution in [0, 0.1) is 5.92 Å². The summed E-state index contributed by atoms with van der Waals surface area (Å²) in [6.07, 6.45) is 3.22. The quantitative estimate of drug-likeness (QED) is 0.596. The topological polar surface area (TPSA) is 41.6 Å². The van der Waals surface area contributed by atoms with E-state index in [-0.39, 0.29) is 11.5 Å². The van der Waals surface area contributed by atoms with Crippen LogP contribution in [0.1, 0.15) is 47.5 Å². The lowest BCUT2D eigenvalue weighted by Crippen LogP contribution is -2.38. The average molecular weight is 435 g/mol. The monoisotopic (exact) mass is 434 g/mol. The lowest BCUT2D eigenvalue weighted by Gasteiger charge is -2.32. The number of benzene rings is 2. The Morgan fingerprint density at radius 3 is 2.77 bits per heavy atom. The van der Waals surface area contributed by atoms with Crippen LogP contribution in [0.5, 0.6) is 5.75 Å². The second-order valence-corrected chi connectivity index (χ2v) is 10.6. The number of rotatable bonds is 5. The maximum absolute atomic E-state index is 12.6. The first-order valence-corrected chi connectivity index (χ1v) is 12.1. The van der Waals surface area contributed by atoms with E-state index >= 15 is 0 Å². The SMILES string of the molecule is CC1(C)Cc2cccc(CN3CCC(CNC(=O)c4cc5ccccc5s4)CC3)c2O1. The second-order valence-electron chi connectivity index (χ2n) is 9.52. The number of piperidine rings is 1. The molecule has 5 rings (SSSR count). The highest BCUT2D eigenvalue weighted by atomic mass is 32.1. The molecule has 3 heterocycles. The molecule has 1 aromatic heterocycles. The number of likely N-dealkylation sites (tertiary alicyclic amines) is 1. The Bertz CT molecular complexity index is 1060. The van der Waals surface area contributed by atoms with Gasteiger partial charge in [0.2, 0.25) is 0 Å². The van der Waals surface area contributed by atoms with Crippen LogP contribution in [0.15, 0.2) is 48.5 Å². The van der Waals surface area contributed by atoms with Crippen LogP contribution in [-0.4, -0.2) is 36.0 Å². The Morgan fingerprint density at radius 2 is 1.97 bits per heavy atom. The molecule has 31 heavy (non-hydrogen) atoms. The van der Waals surface area contributed by atoms with Gasteiger partial charge in [0, 0.05) is 29.8 Å². The van der Waals surface area contributed by atoms with Crippen molar-refractivity contribution in [2.24, 2.45) is 5.92 Å². The van der Waals surface area contributed by atoms with E-state index in [4.69, 9.17) is 4.74 Å². The van der Waals surface area contributed by atoms with Crippen LogP contribution < -0.4 is 10.1 Å². The minimum Gasteiger partial charge on any atom is -0.487 e. The molecule has 0 spiro atoms. The third-order valence-electron chi connectivity index (χ3n) is 6.47. The molecule has 162 valence electrons. The summed E-state index contributed by atoms with van der Waals surface area (Å²) in [5.41, 5.74) is 2.54. The van der Waals surface area contributed by atoms with Gasteiger partial charge in [0.05, 0.1) is 4.88 Å². The standard InChI is InChI=1S/C26H30N2O2S/c1-26(2)15-20-7-5-8-21(24(20)30-26)17-28-12-10-18(11-13-28)16-27-25(29)23-14-19-6-3-4-9-22(19)31-23/h3-9,14,18H,10-13,15-17H2,1-2H3,(H,27,29). The van der Waals surface area contributed by atoms with Crippen molar-refractivity contribution in [3.8, 4) is 5.75 Å². The highest BCUT2D eigenvalue weighted by molar-refractivity contribution is 7.20. The van der Waals surface area contributed by atoms with Crippen LogP contribution in [-0.2, 0) is 13.0 Å². The average Bonchev–Trinajstić information content (AvgIpc) is 3.33. The molecule has 0 aliphatic carbocycles. The number of hydrogen-bond donors (Lipinski definition) is 1. The minimum atomic E-state index is -0.0992. The third-order valence-corrected chi connectivity index (χ3v) is 7.59. The van der Waals surface area contributed by atoms with Crippen molar-refractivity contribution in [2.75, 3.05) is 19.6 Å². The van der Waals surface area contributed by atoms with Crippen molar-refractivity contribution in [3.63, 3.8) is 0 Å². The van der Waals surface area contributed by atoms with Gasteiger partial charge in [-0.15, -0.1) is 11.3 Å². The summed E-state index contributed by atoms with van der Waals surface area (Å²) < 4.78 is 7.41. The molecule has 0 saturated carbocycles. The molecular formula is C26H30N2O2S. The van der Waals surface area contributed by atoms with Crippen molar-refractivity contribution in [1.29, 1.82) is 0 Å². The maximum atomic E-state index is 12.6. The summed E-state index contributed by atoms with van der Waals surface area (Å²) in [6, 6.07) is 16.7. The van der Waals surface area contributed by atoms with Gasteiger partial charge in [0.25, 0.3) is 5.91 Å². The van der Waals surface area contributed by atoms with Crippen LogP contribution >= 0.6 is 11.3 Å². The predicted octanol–water partition coefficient (Wildman–Crippen LogP) is 5.26. The van der Waals surface area contributed by atoms with Gasteiger partial charge in [0.1, 0.15) is 11.4 Å². The molecule has 1 saturated heterocycles. The van der Waals surface area contributed by atoms with E-state index in [9.17, 15) is 4.79 Å². The third kappa shape index (κ3) is 4.48. The van der Waals surface area contributed by atoms with Gasteiger partial charge in [-0.05, 0) is 68.8 Å². The molecule has 2 aromatic carbocycles. The predicted molar refractivity (Wildman–Crippen MR) is 127 cm³/mol. The molecule has 0 bridgehead atoms. The lowest BCUT2D eigenvalue weighted by molar-refractivity contribution is 0.0938. The van der Waals surface area contributed by atoms with E-state index in [0.717, 1.165) is 61.5 Å². The van der Waals surface area contributed by atoms with E-state index in [0.29, 0.717) is 5.92 Å². The number of amides is 1. The minimum absolute atomic E-state index is 0.0586. The number of thiophene rings is 1. The number of carbonyl (C=O) groups is 1. The van der Waals surface area contributed by atoms with Gasteiger partial charge in [-0.1, -0.05) is 36.4 Å². The van der Waals surface area contributed by atoms with Crippen molar-refractivity contribution in [2.45, 2.75) is 45.3 Å². The van der Waals surface area contributed by atoms with Crippen LogP contribution in [0.4, 0.5) is 0 Å². The Kier molecular flexibility index (Phi) is 5.49. The highest BCUT2D eigenvalue weighted by Gasteiger charge is 2.32. The van der Waals surface area contributed by atoms with Crippen LogP contribution in [0.3, 0.4) is 0 Å². The van der Waals surface area contributed by atoms with E-state index in [2.05, 4.69) is 54.4 Å². The number of nitrogens with one attached hydrogen (secondary N) is 1. The summed E-state index contributed by atoms with van der Waals surface area (Å²) in [4.78, 5) is 15.9. The molecule has 2 aliphatic heterocycles. The zero-order chi connectivity index (χ0) is 21.4. The summed E-state index contributed by atoms with van der Waals surface area (Å²) in [5.74, 6) is 1.71. The van der Waals surface area contributed by atoms with Gasteiger partial charge in [-0.2, -0.15) is 0 Å². The van der Waals surface area contributed by atoms with Crippen molar-refractivity contribution in [3.05, 3.63) is 64.5 Å². The summed E-state index contributed by atoms with van der Waals surface area (Å²) in [5, 5.41) is 4.31.